The van der Waals surface area contributed by atoms with Gasteiger partial charge in [-0.15, -0.1) is 0 Å². The van der Waals surface area contributed by atoms with Crippen molar-refractivity contribution in [3.05, 3.63) is 64.7 Å². The number of amides is 1. The minimum Gasteiger partial charge on any atom is -0.322 e. The maximum atomic E-state index is 12.3. The lowest BCUT2D eigenvalue weighted by Gasteiger charge is -2.19. The van der Waals surface area contributed by atoms with Crippen molar-refractivity contribution >= 4 is 11.6 Å². The topological polar surface area (TPSA) is 29.1 Å². The first-order valence-corrected chi connectivity index (χ1v) is 7.26. The molecule has 0 saturated heterocycles. The molecule has 1 N–H and O–H groups in total. The van der Waals surface area contributed by atoms with E-state index >= 15 is 0 Å². The third kappa shape index (κ3) is 3.72. The summed E-state index contributed by atoms with van der Waals surface area (Å²) in [6.07, 6.45) is 0. The van der Waals surface area contributed by atoms with Gasteiger partial charge in [0.05, 0.1) is 0 Å². The molecule has 2 aromatic carbocycles. The van der Waals surface area contributed by atoms with Crippen LogP contribution in [0.15, 0.2) is 42.5 Å². The van der Waals surface area contributed by atoms with Crippen LogP contribution in [0.2, 0.25) is 0 Å². The van der Waals surface area contributed by atoms with E-state index in [1.165, 1.54) is 5.56 Å². The van der Waals surface area contributed by atoms with Gasteiger partial charge in [0.15, 0.2) is 0 Å². The summed E-state index contributed by atoms with van der Waals surface area (Å²) in [6.45, 7) is 10.5. The zero-order valence-corrected chi connectivity index (χ0v) is 13.4. The van der Waals surface area contributed by atoms with E-state index in [2.05, 4.69) is 26.1 Å². The van der Waals surface area contributed by atoms with Crippen LogP contribution < -0.4 is 5.32 Å². The number of aryl methyl sites for hydroxylation is 2. The largest absolute Gasteiger partial charge is 0.322 e. The number of rotatable bonds is 2. The molecule has 2 nitrogen and oxygen atoms in total. The highest BCUT2D eigenvalue weighted by atomic mass is 16.1. The molecule has 0 aliphatic rings. The fraction of sp³-hybridized carbons (Fsp3) is 0.316. The smallest absolute Gasteiger partial charge is 0.255 e. The van der Waals surface area contributed by atoms with E-state index in [-0.39, 0.29) is 11.3 Å². The van der Waals surface area contributed by atoms with E-state index in [0.29, 0.717) is 5.56 Å². The van der Waals surface area contributed by atoms with Gasteiger partial charge in [0, 0.05) is 11.3 Å². The molecular weight excluding hydrogens is 258 g/mol. The molecule has 0 aromatic heterocycles. The normalized spacial score (nSPS) is 11.3. The Morgan fingerprint density at radius 3 is 2.14 bits per heavy atom. The van der Waals surface area contributed by atoms with E-state index in [9.17, 15) is 4.79 Å². The molecule has 0 aliphatic heterocycles. The van der Waals surface area contributed by atoms with Crippen LogP contribution in [0.1, 0.15) is 47.8 Å². The van der Waals surface area contributed by atoms with E-state index in [1.807, 2.05) is 56.3 Å². The van der Waals surface area contributed by atoms with E-state index in [1.54, 1.807) is 0 Å². The summed E-state index contributed by atoms with van der Waals surface area (Å²) >= 11 is 0. The molecule has 0 unspecified atom stereocenters. The predicted octanol–water partition coefficient (Wildman–Crippen LogP) is 4.85. The van der Waals surface area contributed by atoms with Gasteiger partial charge in [0.2, 0.25) is 0 Å². The molecule has 0 aliphatic carbocycles. The molecule has 2 heteroatoms. The van der Waals surface area contributed by atoms with Gasteiger partial charge in [-0.3, -0.25) is 4.79 Å². The molecule has 0 spiro atoms. The van der Waals surface area contributed by atoms with Crippen molar-refractivity contribution in [3.63, 3.8) is 0 Å². The number of carbonyl (C=O) groups excluding carboxylic acids is 1. The van der Waals surface area contributed by atoms with Crippen LogP contribution in [0.5, 0.6) is 0 Å². The number of anilines is 1. The minimum atomic E-state index is -0.0656. The Morgan fingerprint density at radius 1 is 0.952 bits per heavy atom. The van der Waals surface area contributed by atoms with E-state index < -0.39 is 0 Å². The number of hydrogen-bond acceptors (Lipinski definition) is 1. The van der Waals surface area contributed by atoms with Crippen LogP contribution in [-0.2, 0) is 5.41 Å². The van der Waals surface area contributed by atoms with Gasteiger partial charge in [0.25, 0.3) is 5.91 Å². The third-order valence-electron chi connectivity index (χ3n) is 3.65. The van der Waals surface area contributed by atoms with E-state index in [0.717, 1.165) is 16.8 Å². The molecule has 0 bridgehead atoms. The first-order chi connectivity index (χ1) is 9.77. The van der Waals surface area contributed by atoms with Gasteiger partial charge in [-0.05, 0) is 54.2 Å². The van der Waals surface area contributed by atoms with Gasteiger partial charge in [-0.2, -0.15) is 0 Å². The van der Waals surface area contributed by atoms with Crippen LogP contribution in [0.4, 0.5) is 5.69 Å². The van der Waals surface area contributed by atoms with Crippen molar-refractivity contribution in [2.45, 2.75) is 40.0 Å². The number of carbonyl (C=O) groups is 1. The Hall–Kier alpha value is -2.09. The van der Waals surface area contributed by atoms with Crippen LogP contribution >= 0.6 is 0 Å². The maximum absolute atomic E-state index is 12.3. The zero-order valence-electron chi connectivity index (χ0n) is 13.4. The fourth-order valence-electron chi connectivity index (χ4n) is 2.19. The highest BCUT2D eigenvalue weighted by Gasteiger charge is 2.14. The van der Waals surface area contributed by atoms with Crippen molar-refractivity contribution in [3.8, 4) is 0 Å². The SMILES string of the molecule is Cc1ccc(C)c(NC(=O)c2ccc(C(C)(C)C)cc2)c1. The fourth-order valence-corrected chi connectivity index (χ4v) is 2.19. The van der Waals surface area contributed by atoms with Gasteiger partial charge in [-0.25, -0.2) is 0 Å². The second kappa shape index (κ2) is 5.72. The van der Waals surface area contributed by atoms with Gasteiger partial charge in [0.1, 0.15) is 0 Å². The number of nitrogens with one attached hydrogen (secondary N) is 1. The van der Waals surface area contributed by atoms with Crippen LogP contribution in [0.25, 0.3) is 0 Å². The average Bonchev–Trinajstić information content (AvgIpc) is 2.42. The van der Waals surface area contributed by atoms with Crippen molar-refractivity contribution < 1.29 is 4.79 Å². The summed E-state index contributed by atoms with van der Waals surface area (Å²) in [5.41, 5.74) is 5.09. The summed E-state index contributed by atoms with van der Waals surface area (Å²) in [7, 11) is 0. The third-order valence-corrected chi connectivity index (χ3v) is 3.65. The monoisotopic (exact) mass is 281 g/mol. The van der Waals surface area contributed by atoms with Gasteiger partial charge < -0.3 is 5.32 Å². The quantitative estimate of drug-likeness (QED) is 0.837. The summed E-state index contributed by atoms with van der Waals surface area (Å²) < 4.78 is 0. The Labute approximate surface area is 127 Å². The number of hydrogen-bond donors (Lipinski definition) is 1. The molecular formula is C19H23NO. The van der Waals surface area contributed by atoms with Crippen molar-refractivity contribution in [2.75, 3.05) is 5.32 Å². The standard InChI is InChI=1S/C19H23NO/c1-13-6-7-14(2)17(12-13)20-18(21)15-8-10-16(11-9-15)19(3,4)5/h6-12H,1-5H3,(H,20,21). The molecule has 2 aromatic rings. The molecule has 2 rings (SSSR count). The average molecular weight is 281 g/mol. The van der Waals surface area contributed by atoms with Crippen LogP contribution in [0, 0.1) is 13.8 Å². The highest BCUT2D eigenvalue weighted by Crippen LogP contribution is 2.23. The second-order valence-electron chi connectivity index (χ2n) is 6.60. The number of benzene rings is 2. The van der Waals surface area contributed by atoms with Crippen molar-refractivity contribution in [1.82, 2.24) is 0 Å². The van der Waals surface area contributed by atoms with Gasteiger partial charge >= 0.3 is 0 Å². The Kier molecular flexibility index (Phi) is 4.17. The van der Waals surface area contributed by atoms with Crippen molar-refractivity contribution in [2.24, 2.45) is 0 Å². The highest BCUT2D eigenvalue weighted by molar-refractivity contribution is 6.04. The maximum Gasteiger partial charge on any atom is 0.255 e. The van der Waals surface area contributed by atoms with Crippen LogP contribution in [0.3, 0.4) is 0 Å². The predicted molar refractivity (Wildman–Crippen MR) is 89.0 cm³/mol. The summed E-state index contributed by atoms with van der Waals surface area (Å²) in [6, 6.07) is 13.9. The minimum absolute atomic E-state index is 0.0656. The molecule has 1 amide bonds. The summed E-state index contributed by atoms with van der Waals surface area (Å²) in [5.74, 6) is -0.0656. The molecule has 110 valence electrons. The first kappa shape index (κ1) is 15.3. The molecule has 0 fully saturated rings. The lowest BCUT2D eigenvalue weighted by Crippen LogP contribution is -2.15. The molecule has 0 atom stereocenters. The van der Waals surface area contributed by atoms with Gasteiger partial charge in [-0.1, -0.05) is 45.0 Å². The molecule has 0 heterocycles. The second-order valence-corrected chi connectivity index (χ2v) is 6.60. The Bertz CT molecular complexity index is 648. The first-order valence-electron chi connectivity index (χ1n) is 7.26. The molecule has 21 heavy (non-hydrogen) atoms. The Balaban J connectivity index is 2.19. The Morgan fingerprint density at radius 2 is 1.57 bits per heavy atom. The summed E-state index contributed by atoms with van der Waals surface area (Å²) in [4.78, 5) is 12.3. The van der Waals surface area contributed by atoms with E-state index in [4.69, 9.17) is 0 Å². The zero-order chi connectivity index (χ0) is 15.6. The van der Waals surface area contributed by atoms with Crippen LogP contribution in [-0.4, -0.2) is 5.91 Å². The lowest BCUT2D eigenvalue weighted by atomic mass is 9.86. The molecule has 0 radical (unpaired) electrons. The summed E-state index contributed by atoms with van der Waals surface area (Å²) in [5, 5.41) is 2.99. The van der Waals surface area contributed by atoms with Crippen molar-refractivity contribution in [1.29, 1.82) is 0 Å². The lowest BCUT2D eigenvalue weighted by molar-refractivity contribution is 0.102. The molecule has 0 saturated carbocycles.